The van der Waals surface area contributed by atoms with Crippen molar-refractivity contribution in [3.05, 3.63) is 9.88 Å². The summed E-state index contributed by atoms with van der Waals surface area (Å²) in [7, 11) is 0. The first-order chi connectivity index (χ1) is 3.30. The van der Waals surface area contributed by atoms with Gasteiger partial charge in [0.2, 0.25) is 0 Å². The van der Waals surface area contributed by atoms with Gasteiger partial charge in [0.15, 0.2) is 0 Å². The zero-order valence-corrected chi connectivity index (χ0v) is 5.43. The van der Waals surface area contributed by atoms with Crippen LogP contribution in [0.4, 0.5) is 11.4 Å². The van der Waals surface area contributed by atoms with E-state index in [1.807, 2.05) is 9.88 Å². The Balaban J connectivity index is 3.12. The van der Waals surface area contributed by atoms with Gasteiger partial charge in [-0.3, -0.25) is 0 Å². The summed E-state index contributed by atoms with van der Waals surface area (Å²) in [6.07, 6.45) is 0. The van der Waals surface area contributed by atoms with Crippen LogP contribution in [0.1, 0.15) is 0 Å². The molecule has 4 N–H and O–H groups in total. The molecule has 0 aliphatic heterocycles. The maximum atomic E-state index is 5.36. The topological polar surface area (TPSA) is 52.0 Å². The van der Waals surface area contributed by atoms with Crippen LogP contribution in [-0.2, 0) is 0 Å². The number of nitrogen functional groups attached to an aromatic ring is 2. The molecule has 2 nitrogen and oxygen atoms in total. The predicted molar refractivity (Wildman–Crippen MR) is 32.2 cm³/mol. The van der Waals surface area contributed by atoms with Crippen molar-refractivity contribution < 1.29 is 0 Å². The van der Waals surface area contributed by atoms with E-state index in [2.05, 4.69) is 0 Å². The molecule has 0 aliphatic carbocycles. The second kappa shape index (κ2) is 1.60. The van der Waals surface area contributed by atoms with Gasteiger partial charge in [-0.15, -0.1) is 0 Å². The summed E-state index contributed by atoms with van der Waals surface area (Å²) in [4.78, 5) is 3.92. The molecule has 38 valence electrons. The molecule has 0 aromatic carbocycles. The van der Waals surface area contributed by atoms with Crippen LogP contribution in [0.5, 0.6) is 0 Å². The molecular weight excluding hydrogens is 155 g/mol. The Bertz CT molecular complexity index is 142. The molecule has 1 aromatic heterocycles. The number of hydrogen-bond donors (Lipinski definition) is 2. The summed E-state index contributed by atoms with van der Waals surface area (Å²) in [6.45, 7) is 0. The van der Waals surface area contributed by atoms with Crippen LogP contribution in [0.15, 0.2) is 9.88 Å². The Morgan fingerprint density at radius 3 is 1.71 bits per heavy atom. The summed E-state index contributed by atoms with van der Waals surface area (Å²) in [6, 6.07) is 0. The molecule has 0 bridgehead atoms. The maximum absolute atomic E-state index is 5.36. The normalized spacial score (nSPS) is 9.14. The minimum atomic E-state index is 0.439. The molecule has 0 radical (unpaired) electrons. The molecule has 0 saturated carbocycles. The van der Waals surface area contributed by atoms with E-state index in [4.69, 9.17) is 11.5 Å². The van der Waals surface area contributed by atoms with Gasteiger partial charge in [0.25, 0.3) is 0 Å². The van der Waals surface area contributed by atoms with Gasteiger partial charge in [0, 0.05) is 0 Å². The first-order valence-electron chi connectivity index (χ1n) is 1.88. The Morgan fingerprint density at radius 2 is 1.57 bits per heavy atom. The molecule has 0 aliphatic rings. The van der Waals surface area contributed by atoms with Gasteiger partial charge in [0.05, 0.1) is 0 Å². The zero-order chi connectivity index (χ0) is 5.28. The van der Waals surface area contributed by atoms with Crippen molar-refractivity contribution in [1.82, 2.24) is 0 Å². The molecule has 0 saturated heterocycles. The Hall–Kier alpha value is -0.401. The fourth-order valence-corrected chi connectivity index (χ4v) is 1.65. The van der Waals surface area contributed by atoms with Crippen molar-refractivity contribution in [1.29, 1.82) is 0 Å². The Morgan fingerprint density at radius 1 is 1.14 bits per heavy atom. The molecule has 7 heavy (non-hydrogen) atoms. The Labute approximate surface area is 47.9 Å². The third-order valence-corrected chi connectivity index (χ3v) is 2.36. The van der Waals surface area contributed by atoms with Crippen LogP contribution < -0.4 is 11.5 Å². The molecule has 0 fully saturated rings. The van der Waals surface area contributed by atoms with Gasteiger partial charge >= 0.3 is 47.2 Å². The number of hydrogen-bond acceptors (Lipinski definition) is 2. The quantitative estimate of drug-likeness (QED) is 0.522. The van der Waals surface area contributed by atoms with Crippen molar-refractivity contribution in [3.63, 3.8) is 0 Å². The van der Waals surface area contributed by atoms with Crippen molar-refractivity contribution in [2.45, 2.75) is 0 Å². The Kier molecular flexibility index (Phi) is 1.09. The van der Waals surface area contributed by atoms with Crippen molar-refractivity contribution in [3.8, 4) is 0 Å². The first kappa shape index (κ1) is 4.75. The van der Waals surface area contributed by atoms with Crippen LogP contribution in [0.25, 0.3) is 0 Å². The van der Waals surface area contributed by atoms with Crippen molar-refractivity contribution >= 4 is 25.9 Å². The van der Waals surface area contributed by atoms with E-state index in [0.717, 1.165) is 11.4 Å². The minimum absolute atomic E-state index is 0.439. The molecule has 1 heterocycles. The fraction of sp³-hybridized carbons (Fsp3) is 0. The van der Waals surface area contributed by atoms with Crippen LogP contribution in [0.3, 0.4) is 0 Å². The molecule has 0 unspecified atom stereocenters. The third kappa shape index (κ3) is 0.787. The van der Waals surface area contributed by atoms with E-state index < -0.39 is 0 Å². The average molecular weight is 161 g/mol. The summed E-state index contributed by atoms with van der Waals surface area (Å²) in [5.41, 5.74) is 12.2. The number of rotatable bonds is 0. The van der Waals surface area contributed by atoms with Gasteiger partial charge in [0.1, 0.15) is 0 Å². The van der Waals surface area contributed by atoms with E-state index in [-0.39, 0.29) is 0 Å². The van der Waals surface area contributed by atoms with E-state index in [9.17, 15) is 0 Å². The summed E-state index contributed by atoms with van der Waals surface area (Å²) in [5.74, 6) is 0. The summed E-state index contributed by atoms with van der Waals surface area (Å²) >= 11 is 0.439. The molecule has 1 rings (SSSR count). The van der Waals surface area contributed by atoms with Crippen LogP contribution in [-0.4, -0.2) is 14.5 Å². The van der Waals surface area contributed by atoms with Crippen LogP contribution in [0.2, 0.25) is 0 Å². The van der Waals surface area contributed by atoms with Gasteiger partial charge in [-0.1, -0.05) is 0 Å². The van der Waals surface area contributed by atoms with E-state index >= 15 is 0 Å². The average Bonchev–Trinajstić information content (AvgIpc) is 1.91. The fourth-order valence-electron chi connectivity index (χ4n) is 0.317. The second-order valence-corrected chi connectivity index (χ2v) is 2.84. The first-order valence-corrected chi connectivity index (χ1v) is 3.85. The summed E-state index contributed by atoms with van der Waals surface area (Å²) < 4.78 is 0. The van der Waals surface area contributed by atoms with Crippen LogP contribution in [0, 0.1) is 0 Å². The van der Waals surface area contributed by atoms with Gasteiger partial charge in [-0.2, -0.15) is 0 Å². The van der Waals surface area contributed by atoms with E-state index in [0.29, 0.717) is 14.5 Å². The number of nitrogens with two attached hydrogens (primary N) is 2. The molecule has 3 heteroatoms. The monoisotopic (exact) mass is 162 g/mol. The van der Waals surface area contributed by atoms with Gasteiger partial charge < -0.3 is 0 Å². The predicted octanol–water partition coefficient (Wildman–Crippen LogP) is -0.0920. The molecule has 0 spiro atoms. The zero-order valence-electron chi connectivity index (χ0n) is 3.72. The van der Waals surface area contributed by atoms with E-state index in [1.54, 1.807) is 0 Å². The molecule has 1 aromatic rings. The van der Waals surface area contributed by atoms with Crippen molar-refractivity contribution in [2.75, 3.05) is 11.5 Å². The number of anilines is 2. The second-order valence-electron chi connectivity index (χ2n) is 1.28. The molecule has 0 atom stereocenters. The van der Waals surface area contributed by atoms with Gasteiger partial charge in [-0.25, -0.2) is 0 Å². The van der Waals surface area contributed by atoms with Gasteiger partial charge in [-0.05, 0) is 0 Å². The third-order valence-electron chi connectivity index (χ3n) is 0.723. The van der Waals surface area contributed by atoms with E-state index in [1.165, 1.54) is 0 Å². The summed E-state index contributed by atoms with van der Waals surface area (Å²) in [5, 5.41) is 0. The molecule has 0 amide bonds. The SMILES string of the molecule is Nc1c[se]cc1N. The standard InChI is InChI=1S/C4H6N2Se/c5-3-1-7-2-4(3)6/h1-2H,5-6H2. The van der Waals surface area contributed by atoms with Crippen LogP contribution >= 0.6 is 0 Å². The molecular formula is C4H6N2Se. The van der Waals surface area contributed by atoms with Crippen molar-refractivity contribution in [2.24, 2.45) is 0 Å².